The van der Waals surface area contributed by atoms with Crippen LogP contribution in [0.3, 0.4) is 0 Å². The van der Waals surface area contributed by atoms with Crippen LogP contribution in [0.1, 0.15) is 22.5 Å². The molecule has 0 fully saturated rings. The number of nitrogens with zero attached hydrogens (tertiary/aromatic N) is 4. The number of aromatic nitrogens is 4. The van der Waals surface area contributed by atoms with Crippen LogP contribution >= 0.6 is 0 Å². The fourth-order valence-electron chi connectivity index (χ4n) is 1.93. The average Bonchev–Trinajstić information content (AvgIpc) is 2.60. The van der Waals surface area contributed by atoms with Gasteiger partial charge in [-0.25, -0.2) is 19.9 Å². The lowest BCUT2D eigenvalue weighted by Gasteiger charge is -1.97. The fraction of sp³-hybridized carbons (Fsp3) is 0. The summed E-state index contributed by atoms with van der Waals surface area (Å²) in [5.41, 5.74) is 4.00. The Bertz CT molecular complexity index is 716. The van der Waals surface area contributed by atoms with Crippen LogP contribution in [0.15, 0.2) is 61.4 Å². The molecule has 0 N–H and O–H groups in total. The van der Waals surface area contributed by atoms with E-state index >= 15 is 0 Å². The van der Waals surface area contributed by atoms with Crippen LogP contribution in [0.25, 0.3) is 24.3 Å². The van der Waals surface area contributed by atoms with Gasteiger partial charge in [0, 0.05) is 12.4 Å². The minimum atomic E-state index is 0.886. The highest BCUT2D eigenvalue weighted by Gasteiger charge is 1.92. The van der Waals surface area contributed by atoms with Gasteiger partial charge in [-0.3, -0.25) is 0 Å². The Morgan fingerprint density at radius 3 is 1.64 bits per heavy atom. The highest BCUT2D eigenvalue weighted by Crippen LogP contribution is 2.11. The van der Waals surface area contributed by atoms with Crippen molar-refractivity contribution in [2.75, 3.05) is 0 Å². The largest absolute Gasteiger partial charge is 0.245 e. The minimum Gasteiger partial charge on any atom is -0.245 e. The zero-order chi connectivity index (χ0) is 15.0. The van der Waals surface area contributed by atoms with E-state index in [1.807, 2.05) is 42.5 Å². The first-order valence-electron chi connectivity index (χ1n) is 6.88. The molecule has 4 nitrogen and oxygen atoms in total. The second kappa shape index (κ2) is 7.04. The van der Waals surface area contributed by atoms with Crippen LogP contribution in [0.5, 0.6) is 0 Å². The summed E-state index contributed by atoms with van der Waals surface area (Å²) in [4.78, 5) is 16.1. The molecule has 0 aliphatic rings. The van der Waals surface area contributed by atoms with Gasteiger partial charge in [0.15, 0.2) is 0 Å². The Hall–Kier alpha value is -3.14. The second-order valence-corrected chi connectivity index (χ2v) is 4.61. The molecule has 0 aliphatic carbocycles. The standard InChI is InChI=1S/C18H14N4/c1-2-15(4-6-17-8-10-19-13-21-17)12-16(3-1)5-7-18-9-11-20-14-22-18/h1-14H. The van der Waals surface area contributed by atoms with Gasteiger partial charge in [0.25, 0.3) is 0 Å². The van der Waals surface area contributed by atoms with Crippen LogP contribution in [-0.2, 0) is 0 Å². The molecule has 0 aliphatic heterocycles. The van der Waals surface area contributed by atoms with Gasteiger partial charge < -0.3 is 0 Å². The van der Waals surface area contributed by atoms with Crippen molar-refractivity contribution >= 4 is 24.3 Å². The number of benzene rings is 1. The zero-order valence-corrected chi connectivity index (χ0v) is 11.9. The summed E-state index contributed by atoms with van der Waals surface area (Å²) < 4.78 is 0. The van der Waals surface area contributed by atoms with Crippen LogP contribution in [-0.4, -0.2) is 19.9 Å². The first-order chi connectivity index (χ1) is 10.9. The summed E-state index contributed by atoms with van der Waals surface area (Å²) in [6.45, 7) is 0. The van der Waals surface area contributed by atoms with Gasteiger partial charge in [0.1, 0.15) is 12.7 Å². The van der Waals surface area contributed by atoms with E-state index in [0.717, 1.165) is 22.5 Å². The van der Waals surface area contributed by atoms with E-state index in [1.165, 1.54) is 0 Å². The van der Waals surface area contributed by atoms with Crippen molar-refractivity contribution in [2.24, 2.45) is 0 Å². The maximum Gasteiger partial charge on any atom is 0.115 e. The Balaban J connectivity index is 1.75. The quantitative estimate of drug-likeness (QED) is 0.735. The molecule has 4 heteroatoms. The lowest BCUT2D eigenvalue weighted by Crippen LogP contribution is -1.81. The lowest BCUT2D eigenvalue weighted by atomic mass is 10.1. The molecule has 2 heterocycles. The maximum atomic E-state index is 4.17. The zero-order valence-electron chi connectivity index (χ0n) is 11.9. The van der Waals surface area contributed by atoms with Gasteiger partial charge in [-0.2, -0.15) is 0 Å². The molecule has 0 unspecified atom stereocenters. The van der Waals surface area contributed by atoms with Gasteiger partial charge in [0.05, 0.1) is 11.4 Å². The van der Waals surface area contributed by atoms with Gasteiger partial charge in [-0.05, 0) is 41.5 Å². The van der Waals surface area contributed by atoms with Crippen molar-refractivity contribution in [3.05, 3.63) is 84.0 Å². The first-order valence-corrected chi connectivity index (χ1v) is 6.88. The van der Waals surface area contributed by atoms with Gasteiger partial charge >= 0.3 is 0 Å². The van der Waals surface area contributed by atoms with Crippen molar-refractivity contribution in [1.82, 2.24) is 19.9 Å². The molecule has 1 aromatic carbocycles. The molecule has 0 atom stereocenters. The van der Waals surface area contributed by atoms with E-state index in [2.05, 4.69) is 38.1 Å². The molecule has 0 bridgehead atoms. The Morgan fingerprint density at radius 2 is 1.18 bits per heavy atom. The summed E-state index contributed by atoms with van der Waals surface area (Å²) in [6, 6.07) is 12.0. The number of hydrogen-bond acceptors (Lipinski definition) is 4. The van der Waals surface area contributed by atoms with E-state index in [-0.39, 0.29) is 0 Å². The Morgan fingerprint density at radius 1 is 0.636 bits per heavy atom. The fourth-order valence-corrected chi connectivity index (χ4v) is 1.93. The van der Waals surface area contributed by atoms with E-state index in [0.29, 0.717) is 0 Å². The van der Waals surface area contributed by atoms with Gasteiger partial charge in [0.2, 0.25) is 0 Å². The van der Waals surface area contributed by atoms with Crippen LogP contribution in [0.4, 0.5) is 0 Å². The van der Waals surface area contributed by atoms with Crippen LogP contribution in [0.2, 0.25) is 0 Å². The second-order valence-electron chi connectivity index (χ2n) is 4.61. The number of hydrogen-bond donors (Lipinski definition) is 0. The Kier molecular flexibility index (Phi) is 4.42. The molecule has 3 aromatic rings. The molecule has 0 saturated carbocycles. The molecule has 106 valence electrons. The molecule has 0 amide bonds. The first kappa shape index (κ1) is 13.8. The third-order valence-corrected chi connectivity index (χ3v) is 3.01. The van der Waals surface area contributed by atoms with Gasteiger partial charge in [-0.15, -0.1) is 0 Å². The van der Waals surface area contributed by atoms with Gasteiger partial charge in [-0.1, -0.05) is 30.4 Å². The van der Waals surface area contributed by atoms with E-state index < -0.39 is 0 Å². The minimum absolute atomic E-state index is 0.886. The molecular formula is C18H14N4. The van der Waals surface area contributed by atoms with Crippen LogP contribution < -0.4 is 0 Å². The molecule has 0 saturated heterocycles. The highest BCUT2D eigenvalue weighted by atomic mass is 14.8. The van der Waals surface area contributed by atoms with E-state index in [9.17, 15) is 0 Å². The molecule has 0 spiro atoms. The molecular weight excluding hydrogens is 272 g/mol. The normalized spacial score (nSPS) is 11.3. The summed E-state index contributed by atoms with van der Waals surface area (Å²) >= 11 is 0. The predicted molar refractivity (Wildman–Crippen MR) is 88.4 cm³/mol. The smallest absolute Gasteiger partial charge is 0.115 e. The van der Waals surface area contributed by atoms with Crippen LogP contribution in [0, 0.1) is 0 Å². The molecule has 2 aromatic heterocycles. The van der Waals surface area contributed by atoms with E-state index in [1.54, 1.807) is 25.0 Å². The van der Waals surface area contributed by atoms with Crippen molar-refractivity contribution in [2.45, 2.75) is 0 Å². The average molecular weight is 286 g/mol. The van der Waals surface area contributed by atoms with Crippen molar-refractivity contribution in [3.63, 3.8) is 0 Å². The third kappa shape index (κ3) is 3.93. The third-order valence-electron chi connectivity index (χ3n) is 3.01. The lowest BCUT2D eigenvalue weighted by molar-refractivity contribution is 1.15. The van der Waals surface area contributed by atoms with Crippen molar-refractivity contribution < 1.29 is 0 Å². The SMILES string of the molecule is C(=Cc1ccncn1)c1cccc(C=Cc2ccncn2)c1. The maximum absolute atomic E-state index is 4.17. The summed E-state index contributed by atoms with van der Waals surface area (Å²) in [5, 5.41) is 0. The topological polar surface area (TPSA) is 51.6 Å². The molecule has 0 radical (unpaired) electrons. The van der Waals surface area contributed by atoms with E-state index in [4.69, 9.17) is 0 Å². The number of rotatable bonds is 4. The monoisotopic (exact) mass is 286 g/mol. The Labute approximate surface area is 129 Å². The molecule has 3 rings (SSSR count). The van der Waals surface area contributed by atoms with Crippen molar-refractivity contribution in [1.29, 1.82) is 0 Å². The highest BCUT2D eigenvalue weighted by molar-refractivity contribution is 5.72. The molecule has 22 heavy (non-hydrogen) atoms. The predicted octanol–water partition coefficient (Wildman–Crippen LogP) is 3.61. The van der Waals surface area contributed by atoms with Crippen molar-refractivity contribution in [3.8, 4) is 0 Å². The summed E-state index contributed by atoms with van der Waals surface area (Å²) in [7, 11) is 0. The summed E-state index contributed by atoms with van der Waals surface area (Å²) in [6.07, 6.45) is 14.5. The summed E-state index contributed by atoms with van der Waals surface area (Å²) in [5.74, 6) is 0.